The van der Waals surface area contributed by atoms with E-state index in [0.29, 0.717) is 24.0 Å². The number of fused-ring (bicyclic) bond motifs is 1. The average Bonchev–Trinajstić information content (AvgIpc) is 3.44. The summed E-state index contributed by atoms with van der Waals surface area (Å²) in [6.07, 6.45) is 3.89. The highest BCUT2D eigenvalue weighted by Crippen LogP contribution is 2.27. The first-order chi connectivity index (χ1) is 17.9. The molecule has 5 rings (SSSR count). The largest absolute Gasteiger partial charge is 0.352 e. The lowest BCUT2D eigenvalue weighted by Crippen LogP contribution is -2.45. The van der Waals surface area contributed by atoms with Gasteiger partial charge in [-0.15, -0.1) is 0 Å². The smallest absolute Gasteiger partial charge is 0.332 e. The monoisotopic (exact) mass is 519 g/mol. The second-order valence-corrected chi connectivity index (χ2v) is 10.8. The number of nitrogens with zero attached hydrogens (tertiary/aromatic N) is 3. The maximum atomic E-state index is 13.4. The first-order valence-corrected chi connectivity index (χ1v) is 13.5. The summed E-state index contributed by atoms with van der Waals surface area (Å²) in [5.41, 5.74) is 1.39. The van der Waals surface area contributed by atoms with Gasteiger partial charge in [0.15, 0.2) is 14.9 Å². The third-order valence-corrected chi connectivity index (χ3v) is 8.17. The van der Waals surface area contributed by atoms with Crippen molar-refractivity contribution in [3.8, 4) is 22.4 Å². The molecule has 0 bridgehead atoms. The summed E-state index contributed by atoms with van der Waals surface area (Å²) in [5.74, 6) is -0.383. The number of nitrogens with one attached hydrogen (secondary N) is 2. The quantitative estimate of drug-likeness (QED) is 0.283. The second-order valence-electron chi connectivity index (χ2n) is 8.76. The van der Waals surface area contributed by atoms with E-state index in [4.69, 9.17) is 0 Å². The van der Waals surface area contributed by atoms with E-state index in [1.807, 2.05) is 12.1 Å². The fraction of sp³-hybridized carbons (Fsp3) is 0.231. The fourth-order valence-corrected chi connectivity index (χ4v) is 6.24. The molecule has 0 spiro atoms. The van der Waals surface area contributed by atoms with Gasteiger partial charge in [-0.2, -0.15) is 0 Å². The number of amides is 1. The predicted octanol–water partition coefficient (Wildman–Crippen LogP) is 2.06. The SMILES string of the molecule is O=C(NCCCn1c(=O)c(-c2ccccc2)c2n(c1=O)CCCS2(=O)=O)c1ccc(-c2cnc[nH]2)cc1. The fourth-order valence-electron chi connectivity index (χ4n) is 4.52. The van der Waals surface area contributed by atoms with Crippen LogP contribution in [0, 0.1) is 0 Å². The zero-order valence-electron chi connectivity index (χ0n) is 19.9. The molecule has 0 aliphatic carbocycles. The Bertz CT molecular complexity index is 1660. The van der Waals surface area contributed by atoms with Gasteiger partial charge >= 0.3 is 5.69 Å². The number of aromatic nitrogens is 4. The highest BCUT2D eigenvalue weighted by molar-refractivity contribution is 7.91. The molecule has 0 saturated heterocycles. The molecule has 0 saturated carbocycles. The number of aromatic amines is 1. The van der Waals surface area contributed by atoms with Crippen molar-refractivity contribution in [2.24, 2.45) is 0 Å². The Balaban J connectivity index is 1.34. The molecule has 37 heavy (non-hydrogen) atoms. The minimum atomic E-state index is -3.78. The molecule has 3 heterocycles. The van der Waals surface area contributed by atoms with E-state index in [1.54, 1.807) is 55.0 Å². The zero-order valence-corrected chi connectivity index (χ0v) is 20.7. The molecule has 0 fully saturated rings. The van der Waals surface area contributed by atoms with Crippen molar-refractivity contribution in [1.29, 1.82) is 0 Å². The third-order valence-electron chi connectivity index (χ3n) is 6.33. The van der Waals surface area contributed by atoms with Gasteiger partial charge in [-0.3, -0.25) is 18.7 Å². The van der Waals surface area contributed by atoms with Crippen LogP contribution >= 0.6 is 0 Å². The Hall–Kier alpha value is -4.25. The molecule has 2 N–H and O–H groups in total. The van der Waals surface area contributed by atoms with E-state index >= 15 is 0 Å². The summed E-state index contributed by atoms with van der Waals surface area (Å²) in [6, 6.07) is 15.6. The summed E-state index contributed by atoms with van der Waals surface area (Å²) in [4.78, 5) is 46.1. The van der Waals surface area contributed by atoms with Crippen LogP contribution in [0.5, 0.6) is 0 Å². The third kappa shape index (κ3) is 4.77. The molecule has 2 aromatic carbocycles. The molecular weight excluding hydrogens is 494 g/mol. The van der Waals surface area contributed by atoms with Crippen molar-refractivity contribution in [2.45, 2.75) is 31.0 Å². The molecule has 0 unspecified atom stereocenters. The first kappa shape index (κ1) is 24.4. The number of sulfone groups is 1. The maximum Gasteiger partial charge on any atom is 0.332 e. The van der Waals surface area contributed by atoms with Crippen molar-refractivity contribution in [1.82, 2.24) is 24.4 Å². The molecule has 0 radical (unpaired) electrons. The molecular formula is C26H25N5O5S. The van der Waals surface area contributed by atoms with E-state index in [9.17, 15) is 22.8 Å². The van der Waals surface area contributed by atoms with Gasteiger partial charge in [-0.1, -0.05) is 42.5 Å². The first-order valence-electron chi connectivity index (χ1n) is 11.9. The van der Waals surface area contributed by atoms with Crippen molar-refractivity contribution in [3.63, 3.8) is 0 Å². The number of hydrogen-bond acceptors (Lipinski definition) is 6. The topological polar surface area (TPSA) is 136 Å². The highest BCUT2D eigenvalue weighted by Gasteiger charge is 2.32. The Morgan fingerprint density at radius 1 is 1.03 bits per heavy atom. The van der Waals surface area contributed by atoms with Crippen molar-refractivity contribution >= 4 is 15.7 Å². The van der Waals surface area contributed by atoms with E-state index in [1.165, 1.54) is 4.57 Å². The Morgan fingerprint density at radius 2 is 1.78 bits per heavy atom. The molecule has 1 aliphatic rings. The van der Waals surface area contributed by atoms with Crippen molar-refractivity contribution in [3.05, 3.63) is 93.5 Å². The van der Waals surface area contributed by atoms with Crippen LogP contribution in [0.3, 0.4) is 0 Å². The van der Waals surface area contributed by atoms with E-state index in [0.717, 1.165) is 15.8 Å². The van der Waals surface area contributed by atoms with Crippen LogP contribution in [0.25, 0.3) is 22.4 Å². The summed E-state index contributed by atoms with van der Waals surface area (Å²) in [5, 5.41) is 2.60. The normalized spacial score (nSPS) is 14.2. The molecule has 1 aliphatic heterocycles. The van der Waals surface area contributed by atoms with Crippen LogP contribution in [-0.4, -0.2) is 45.7 Å². The number of hydrogen-bond donors (Lipinski definition) is 2. The van der Waals surface area contributed by atoms with E-state index < -0.39 is 21.1 Å². The summed E-state index contributed by atoms with van der Waals surface area (Å²) in [7, 11) is -3.78. The van der Waals surface area contributed by atoms with Gasteiger partial charge in [-0.25, -0.2) is 18.2 Å². The molecule has 2 aromatic heterocycles. The number of rotatable bonds is 7. The number of carbonyl (C=O) groups is 1. The zero-order chi connectivity index (χ0) is 26.0. The van der Waals surface area contributed by atoms with Crippen LogP contribution in [0.2, 0.25) is 0 Å². The summed E-state index contributed by atoms with van der Waals surface area (Å²) in [6.45, 7) is 0.489. The molecule has 190 valence electrons. The van der Waals surface area contributed by atoms with Gasteiger partial charge in [0.1, 0.15) is 0 Å². The van der Waals surface area contributed by atoms with Crippen molar-refractivity contribution < 1.29 is 13.2 Å². The molecule has 0 atom stereocenters. The minimum Gasteiger partial charge on any atom is -0.352 e. The number of imidazole rings is 1. The Morgan fingerprint density at radius 3 is 2.49 bits per heavy atom. The van der Waals surface area contributed by atoms with Crippen LogP contribution in [0.15, 0.2) is 81.7 Å². The van der Waals surface area contributed by atoms with Gasteiger partial charge < -0.3 is 10.3 Å². The molecule has 10 nitrogen and oxygen atoms in total. The van der Waals surface area contributed by atoms with Crippen LogP contribution in [0.1, 0.15) is 23.2 Å². The van der Waals surface area contributed by atoms with Gasteiger partial charge in [0.05, 0.1) is 29.5 Å². The van der Waals surface area contributed by atoms with Gasteiger partial charge in [-0.05, 0) is 36.1 Å². The second kappa shape index (κ2) is 10.0. The lowest BCUT2D eigenvalue weighted by molar-refractivity contribution is 0.0952. The summed E-state index contributed by atoms with van der Waals surface area (Å²) >= 11 is 0. The predicted molar refractivity (Wildman–Crippen MR) is 138 cm³/mol. The van der Waals surface area contributed by atoms with Crippen LogP contribution in [0.4, 0.5) is 0 Å². The number of carbonyl (C=O) groups excluding carboxylic acids is 1. The lowest BCUT2D eigenvalue weighted by atomic mass is 10.1. The lowest BCUT2D eigenvalue weighted by Gasteiger charge is -2.23. The highest BCUT2D eigenvalue weighted by atomic mass is 32.2. The number of H-pyrrole nitrogens is 1. The van der Waals surface area contributed by atoms with Crippen molar-refractivity contribution in [2.75, 3.05) is 12.3 Å². The van der Waals surface area contributed by atoms with E-state index in [2.05, 4.69) is 15.3 Å². The minimum absolute atomic E-state index is 0.0151. The molecule has 1 amide bonds. The summed E-state index contributed by atoms with van der Waals surface area (Å²) < 4.78 is 28.0. The Labute approximate surface area is 212 Å². The molecule has 11 heteroatoms. The van der Waals surface area contributed by atoms with Gasteiger partial charge in [0.2, 0.25) is 0 Å². The van der Waals surface area contributed by atoms with Gasteiger partial charge in [0.25, 0.3) is 11.5 Å². The van der Waals surface area contributed by atoms with E-state index in [-0.39, 0.29) is 41.9 Å². The number of benzene rings is 2. The molecule has 4 aromatic rings. The van der Waals surface area contributed by atoms with Gasteiger partial charge in [0, 0.05) is 25.2 Å². The van der Waals surface area contributed by atoms with Crippen LogP contribution < -0.4 is 16.6 Å². The maximum absolute atomic E-state index is 13.4. The standard InChI is InChI=1S/C26H25N5O5S/c32-23(20-10-8-18(9-11-20)21-16-27-17-29-21)28-12-4-13-30-24(33)22(19-6-2-1-3-7-19)25-31(26(30)34)14-5-15-37(25,35)36/h1-3,6-11,16-17H,4-5,12-15H2,(H,27,29)(H,28,32). The Kier molecular flexibility index (Phi) is 6.62. The van der Waals surface area contributed by atoms with Crippen LogP contribution in [-0.2, 0) is 22.9 Å². The average molecular weight is 520 g/mol.